The van der Waals surface area contributed by atoms with Crippen molar-refractivity contribution in [1.82, 2.24) is 5.32 Å². The van der Waals surface area contributed by atoms with E-state index in [0.717, 1.165) is 12.8 Å². The molecule has 5 nitrogen and oxygen atoms in total. The molecule has 2 N–H and O–H groups in total. The summed E-state index contributed by atoms with van der Waals surface area (Å²) in [7, 11) is 0. The number of aliphatic carboxylic acids is 1. The van der Waals surface area contributed by atoms with Gasteiger partial charge in [-0.1, -0.05) is 12.2 Å². The van der Waals surface area contributed by atoms with Crippen LogP contribution < -0.4 is 5.32 Å². The molecule has 5 heteroatoms. The molecule has 0 spiro atoms. The second-order valence-electron chi connectivity index (χ2n) is 5.82. The van der Waals surface area contributed by atoms with Gasteiger partial charge in [-0.25, -0.2) is 4.79 Å². The SMILES string of the molecule is CC(C)(C)OC(=O)N[C@H]1CC/C=C\CC[C@H]1C(=O)O. The fourth-order valence-electron chi connectivity index (χ4n) is 2.12. The molecule has 1 amide bonds. The highest BCUT2D eigenvalue weighted by molar-refractivity contribution is 5.73. The molecule has 1 aliphatic rings. The van der Waals surface area contributed by atoms with Crippen LogP contribution in [0.4, 0.5) is 4.79 Å². The van der Waals surface area contributed by atoms with Crippen LogP contribution in [0.3, 0.4) is 0 Å². The number of amides is 1. The number of nitrogens with one attached hydrogen (secondary N) is 1. The van der Waals surface area contributed by atoms with Gasteiger partial charge in [0.15, 0.2) is 0 Å². The normalized spacial score (nSPS) is 25.8. The standard InChI is InChI=1S/C14H23NO4/c1-14(2,3)19-13(18)15-11-9-7-5-4-6-8-10(11)12(16)17/h4-5,10-11H,6-9H2,1-3H3,(H,15,18)(H,16,17)/b5-4-/t10-,11+/m1/s1. The number of carbonyl (C=O) groups is 2. The first kappa shape index (κ1) is 15.5. The highest BCUT2D eigenvalue weighted by atomic mass is 16.6. The van der Waals surface area contributed by atoms with E-state index in [1.807, 2.05) is 12.2 Å². The highest BCUT2D eigenvalue weighted by Gasteiger charge is 2.30. The molecule has 108 valence electrons. The van der Waals surface area contributed by atoms with Crippen molar-refractivity contribution in [2.45, 2.75) is 58.1 Å². The van der Waals surface area contributed by atoms with E-state index in [9.17, 15) is 14.7 Å². The fourth-order valence-corrected chi connectivity index (χ4v) is 2.12. The molecule has 0 aromatic rings. The summed E-state index contributed by atoms with van der Waals surface area (Å²) in [5.74, 6) is -1.42. The zero-order valence-electron chi connectivity index (χ0n) is 11.8. The molecule has 0 bridgehead atoms. The molecule has 0 fully saturated rings. The summed E-state index contributed by atoms with van der Waals surface area (Å²) in [6.07, 6.45) is 6.13. The van der Waals surface area contributed by atoms with Crippen molar-refractivity contribution < 1.29 is 19.4 Å². The van der Waals surface area contributed by atoms with E-state index in [1.165, 1.54) is 0 Å². The maximum atomic E-state index is 11.7. The van der Waals surface area contributed by atoms with Crippen molar-refractivity contribution in [3.8, 4) is 0 Å². The molecular formula is C14H23NO4. The third-order valence-electron chi connectivity index (χ3n) is 2.96. The first-order chi connectivity index (χ1) is 8.79. The van der Waals surface area contributed by atoms with Crippen molar-refractivity contribution in [1.29, 1.82) is 0 Å². The third-order valence-corrected chi connectivity index (χ3v) is 2.96. The Balaban J connectivity index is 2.67. The average molecular weight is 269 g/mol. The molecule has 1 aliphatic carbocycles. The fraction of sp³-hybridized carbons (Fsp3) is 0.714. The van der Waals surface area contributed by atoms with Crippen LogP contribution in [-0.2, 0) is 9.53 Å². The van der Waals surface area contributed by atoms with Gasteiger partial charge in [-0.05, 0) is 46.5 Å². The lowest BCUT2D eigenvalue weighted by Gasteiger charge is -2.27. The maximum absolute atomic E-state index is 11.7. The van der Waals surface area contributed by atoms with Gasteiger partial charge in [0.25, 0.3) is 0 Å². The third kappa shape index (κ3) is 5.77. The maximum Gasteiger partial charge on any atom is 0.407 e. The van der Waals surface area contributed by atoms with E-state index in [0.29, 0.717) is 12.8 Å². The molecule has 2 atom stereocenters. The van der Waals surface area contributed by atoms with Gasteiger partial charge in [0.2, 0.25) is 0 Å². The van der Waals surface area contributed by atoms with E-state index in [1.54, 1.807) is 20.8 Å². The number of hydrogen-bond donors (Lipinski definition) is 2. The topological polar surface area (TPSA) is 75.6 Å². The lowest BCUT2D eigenvalue weighted by Crippen LogP contribution is -2.45. The Kier molecular flexibility index (Phi) is 5.39. The minimum absolute atomic E-state index is 0.378. The molecule has 0 unspecified atom stereocenters. The number of carboxylic acids is 1. The molecule has 1 rings (SSSR count). The summed E-state index contributed by atoms with van der Waals surface area (Å²) in [6, 6.07) is -0.378. The zero-order valence-corrected chi connectivity index (χ0v) is 11.8. The van der Waals surface area contributed by atoms with E-state index >= 15 is 0 Å². The van der Waals surface area contributed by atoms with Crippen LogP contribution in [0.15, 0.2) is 12.2 Å². The number of hydrogen-bond acceptors (Lipinski definition) is 3. The van der Waals surface area contributed by atoms with Gasteiger partial charge in [-0.2, -0.15) is 0 Å². The molecule has 0 radical (unpaired) electrons. The van der Waals surface area contributed by atoms with Crippen LogP contribution >= 0.6 is 0 Å². The minimum atomic E-state index is -0.864. The van der Waals surface area contributed by atoms with Crippen LogP contribution in [0.1, 0.15) is 46.5 Å². The molecule has 0 saturated heterocycles. The summed E-state index contributed by atoms with van der Waals surface area (Å²) >= 11 is 0. The monoisotopic (exact) mass is 269 g/mol. The number of alkyl carbamates (subject to hydrolysis) is 1. The summed E-state index contributed by atoms with van der Waals surface area (Å²) in [5.41, 5.74) is -0.579. The summed E-state index contributed by atoms with van der Waals surface area (Å²) in [4.78, 5) is 23.0. The molecular weight excluding hydrogens is 246 g/mol. The lowest BCUT2D eigenvalue weighted by atomic mass is 9.89. The number of carboxylic acid groups (broad SMARTS) is 1. The molecule has 0 aromatic carbocycles. The second kappa shape index (κ2) is 6.59. The van der Waals surface area contributed by atoms with Gasteiger partial charge in [-0.3, -0.25) is 4.79 Å². The van der Waals surface area contributed by atoms with Crippen molar-refractivity contribution in [2.24, 2.45) is 5.92 Å². The average Bonchev–Trinajstić information content (AvgIpc) is 2.18. The Morgan fingerprint density at radius 1 is 1.21 bits per heavy atom. The number of carbonyl (C=O) groups excluding carboxylic acids is 1. The van der Waals surface area contributed by atoms with Gasteiger partial charge in [0.1, 0.15) is 5.60 Å². The Morgan fingerprint density at radius 3 is 2.32 bits per heavy atom. The van der Waals surface area contributed by atoms with Crippen LogP contribution in [0.2, 0.25) is 0 Å². The predicted molar refractivity (Wildman–Crippen MR) is 71.9 cm³/mol. The van der Waals surface area contributed by atoms with Crippen LogP contribution in [0, 0.1) is 5.92 Å². The number of rotatable bonds is 2. The molecule has 0 aliphatic heterocycles. The van der Waals surface area contributed by atoms with Crippen molar-refractivity contribution in [3.05, 3.63) is 12.2 Å². The Morgan fingerprint density at radius 2 is 1.79 bits per heavy atom. The highest BCUT2D eigenvalue weighted by Crippen LogP contribution is 2.20. The Bertz CT molecular complexity index is 357. The molecule has 0 saturated carbocycles. The molecule has 19 heavy (non-hydrogen) atoms. The lowest BCUT2D eigenvalue weighted by molar-refractivity contribution is -0.143. The second-order valence-corrected chi connectivity index (χ2v) is 5.82. The van der Waals surface area contributed by atoms with Gasteiger partial charge in [-0.15, -0.1) is 0 Å². The number of ether oxygens (including phenoxy) is 1. The Labute approximate surface area is 114 Å². The van der Waals surface area contributed by atoms with E-state index in [-0.39, 0.29) is 6.04 Å². The summed E-state index contributed by atoms with van der Waals surface area (Å²) < 4.78 is 5.18. The van der Waals surface area contributed by atoms with Gasteiger partial charge in [0, 0.05) is 6.04 Å². The summed E-state index contributed by atoms with van der Waals surface area (Å²) in [5, 5.41) is 12.0. The van der Waals surface area contributed by atoms with Crippen LogP contribution in [0.25, 0.3) is 0 Å². The Hall–Kier alpha value is -1.52. The van der Waals surface area contributed by atoms with E-state index in [4.69, 9.17) is 4.74 Å². The number of allylic oxidation sites excluding steroid dienone is 2. The molecule has 0 aromatic heterocycles. The van der Waals surface area contributed by atoms with Crippen LogP contribution in [-0.4, -0.2) is 28.8 Å². The van der Waals surface area contributed by atoms with Crippen molar-refractivity contribution in [2.75, 3.05) is 0 Å². The van der Waals surface area contributed by atoms with Gasteiger partial charge >= 0.3 is 12.1 Å². The van der Waals surface area contributed by atoms with Gasteiger partial charge in [0.05, 0.1) is 5.92 Å². The quantitative estimate of drug-likeness (QED) is 0.756. The largest absolute Gasteiger partial charge is 0.481 e. The van der Waals surface area contributed by atoms with E-state index in [2.05, 4.69) is 5.32 Å². The minimum Gasteiger partial charge on any atom is -0.481 e. The van der Waals surface area contributed by atoms with Crippen LogP contribution in [0.5, 0.6) is 0 Å². The predicted octanol–water partition coefficient (Wildman–Crippen LogP) is 2.71. The van der Waals surface area contributed by atoms with Crippen molar-refractivity contribution in [3.63, 3.8) is 0 Å². The van der Waals surface area contributed by atoms with Gasteiger partial charge < -0.3 is 15.2 Å². The summed E-state index contributed by atoms with van der Waals surface area (Å²) in [6.45, 7) is 5.34. The smallest absolute Gasteiger partial charge is 0.407 e. The van der Waals surface area contributed by atoms with Crippen molar-refractivity contribution >= 4 is 12.1 Å². The first-order valence-electron chi connectivity index (χ1n) is 6.67. The first-order valence-corrected chi connectivity index (χ1v) is 6.67. The molecule has 0 heterocycles. The zero-order chi connectivity index (χ0) is 14.5. The van der Waals surface area contributed by atoms with E-state index < -0.39 is 23.6 Å².